The van der Waals surface area contributed by atoms with Crippen LogP contribution in [0.3, 0.4) is 0 Å². The summed E-state index contributed by atoms with van der Waals surface area (Å²) >= 11 is 0. The molecule has 124 valence electrons. The van der Waals surface area contributed by atoms with Crippen LogP contribution >= 0.6 is 0 Å². The molecule has 3 unspecified atom stereocenters. The van der Waals surface area contributed by atoms with Crippen LogP contribution in [0.15, 0.2) is 0 Å². The van der Waals surface area contributed by atoms with Gasteiger partial charge in [0.25, 0.3) is 0 Å². The molecule has 2 heterocycles. The highest BCUT2D eigenvalue weighted by atomic mass is 15.2. The van der Waals surface area contributed by atoms with E-state index < -0.39 is 0 Å². The lowest BCUT2D eigenvalue weighted by atomic mass is 9.85. The number of hydrogen-bond donors (Lipinski definition) is 1. The first kappa shape index (κ1) is 17.2. The van der Waals surface area contributed by atoms with Crippen molar-refractivity contribution in [1.82, 2.24) is 15.1 Å². The van der Waals surface area contributed by atoms with Crippen molar-refractivity contribution in [3.63, 3.8) is 0 Å². The van der Waals surface area contributed by atoms with E-state index in [0.717, 1.165) is 23.9 Å². The Morgan fingerprint density at radius 1 is 1.00 bits per heavy atom. The van der Waals surface area contributed by atoms with Crippen molar-refractivity contribution in [2.24, 2.45) is 11.8 Å². The Balaban J connectivity index is 1.77. The molecule has 0 aromatic carbocycles. The molecule has 0 aliphatic carbocycles. The Morgan fingerprint density at radius 2 is 1.71 bits per heavy atom. The van der Waals surface area contributed by atoms with Gasteiger partial charge in [0.05, 0.1) is 0 Å². The maximum atomic E-state index is 3.76. The van der Waals surface area contributed by atoms with Gasteiger partial charge in [-0.25, -0.2) is 0 Å². The zero-order chi connectivity index (χ0) is 15.2. The molecule has 0 bridgehead atoms. The van der Waals surface area contributed by atoms with E-state index in [4.69, 9.17) is 0 Å². The monoisotopic (exact) mass is 295 g/mol. The molecule has 3 nitrogen and oxygen atoms in total. The quantitative estimate of drug-likeness (QED) is 0.813. The van der Waals surface area contributed by atoms with Gasteiger partial charge in [-0.05, 0) is 77.2 Å². The van der Waals surface area contributed by atoms with Crippen LogP contribution in [0.5, 0.6) is 0 Å². The lowest BCUT2D eigenvalue weighted by Crippen LogP contribution is -2.54. The molecule has 2 aliphatic heterocycles. The predicted octanol–water partition coefficient (Wildman–Crippen LogP) is 2.82. The van der Waals surface area contributed by atoms with Gasteiger partial charge in [-0.2, -0.15) is 0 Å². The molecule has 0 radical (unpaired) electrons. The molecule has 2 fully saturated rings. The highest BCUT2D eigenvalue weighted by molar-refractivity contribution is 4.89. The molecule has 21 heavy (non-hydrogen) atoms. The fraction of sp³-hybridized carbons (Fsp3) is 1.00. The molecule has 1 N–H and O–H groups in total. The Bertz CT molecular complexity index is 286. The van der Waals surface area contributed by atoms with E-state index in [0.29, 0.717) is 0 Å². The van der Waals surface area contributed by atoms with Crippen molar-refractivity contribution in [3.8, 4) is 0 Å². The zero-order valence-electron chi connectivity index (χ0n) is 14.8. The third kappa shape index (κ3) is 4.67. The lowest BCUT2D eigenvalue weighted by molar-refractivity contribution is 0.0561. The molecule has 3 heteroatoms. The van der Waals surface area contributed by atoms with Crippen LogP contribution in [0, 0.1) is 11.8 Å². The van der Waals surface area contributed by atoms with E-state index in [1.54, 1.807) is 0 Å². The SMILES string of the molecule is CCCNC1CCN(CC2CCN(CC)CC2)C(C)C1C. The third-order valence-electron chi connectivity index (χ3n) is 6.00. The zero-order valence-corrected chi connectivity index (χ0v) is 14.8. The van der Waals surface area contributed by atoms with Crippen LogP contribution in [-0.2, 0) is 0 Å². The molecule has 0 amide bonds. The summed E-state index contributed by atoms with van der Waals surface area (Å²) in [6.45, 7) is 17.1. The molecule has 0 saturated carbocycles. The fourth-order valence-electron chi connectivity index (χ4n) is 4.13. The van der Waals surface area contributed by atoms with Crippen LogP contribution in [0.4, 0.5) is 0 Å². The minimum Gasteiger partial charge on any atom is -0.314 e. The van der Waals surface area contributed by atoms with E-state index in [1.807, 2.05) is 0 Å². The maximum absolute atomic E-state index is 3.76. The first-order valence-corrected chi connectivity index (χ1v) is 9.35. The summed E-state index contributed by atoms with van der Waals surface area (Å²) in [4.78, 5) is 5.38. The second-order valence-electron chi connectivity index (χ2n) is 7.32. The van der Waals surface area contributed by atoms with Gasteiger partial charge in [0, 0.05) is 18.6 Å². The molecule has 2 saturated heterocycles. The molecule has 0 spiro atoms. The maximum Gasteiger partial charge on any atom is 0.0120 e. The van der Waals surface area contributed by atoms with Gasteiger partial charge in [0.1, 0.15) is 0 Å². The molecule has 2 aliphatic rings. The van der Waals surface area contributed by atoms with E-state index >= 15 is 0 Å². The standard InChI is InChI=1S/C18H37N3/c1-5-10-19-18-9-13-21(16(4)15(18)3)14-17-7-11-20(6-2)12-8-17/h15-19H,5-14H2,1-4H3. The number of rotatable bonds is 6. The molecular formula is C18H37N3. The summed E-state index contributed by atoms with van der Waals surface area (Å²) in [5, 5.41) is 3.76. The summed E-state index contributed by atoms with van der Waals surface area (Å²) in [6, 6.07) is 1.47. The predicted molar refractivity (Wildman–Crippen MR) is 91.7 cm³/mol. The Kier molecular flexibility index (Phi) is 6.97. The van der Waals surface area contributed by atoms with Crippen LogP contribution < -0.4 is 5.32 Å². The second-order valence-corrected chi connectivity index (χ2v) is 7.32. The van der Waals surface area contributed by atoms with Crippen molar-refractivity contribution < 1.29 is 0 Å². The first-order valence-electron chi connectivity index (χ1n) is 9.35. The van der Waals surface area contributed by atoms with Crippen molar-refractivity contribution in [1.29, 1.82) is 0 Å². The highest BCUT2D eigenvalue weighted by Gasteiger charge is 2.33. The molecule has 2 rings (SSSR count). The van der Waals surface area contributed by atoms with Crippen LogP contribution in [0.2, 0.25) is 0 Å². The molecule has 3 atom stereocenters. The van der Waals surface area contributed by atoms with Gasteiger partial charge in [0.15, 0.2) is 0 Å². The van der Waals surface area contributed by atoms with Crippen molar-refractivity contribution in [2.75, 3.05) is 39.3 Å². The van der Waals surface area contributed by atoms with Crippen molar-refractivity contribution in [3.05, 3.63) is 0 Å². The van der Waals surface area contributed by atoms with Gasteiger partial charge in [-0.1, -0.05) is 20.8 Å². The number of likely N-dealkylation sites (tertiary alicyclic amines) is 2. The number of piperidine rings is 2. The van der Waals surface area contributed by atoms with Gasteiger partial charge in [0.2, 0.25) is 0 Å². The smallest absolute Gasteiger partial charge is 0.0120 e. The van der Waals surface area contributed by atoms with E-state index in [9.17, 15) is 0 Å². The first-order chi connectivity index (χ1) is 10.2. The van der Waals surface area contributed by atoms with Gasteiger partial charge in [-0.15, -0.1) is 0 Å². The average molecular weight is 296 g/mol. The summed E-state index contributed by atoms with van der Waals surface area (Å²) in [5.41, 5.74) is 0. The number of nitrogens with zero attached hydrogens (tertiary/aromatic N) is 2. The number of nitrogens with one attached hydrogen (secondary N) is 1. The lowest BCUT2D eigenvalue weighted by Gasteiger charge is -2.45. The number of hydrogen-bond acceptors (Lipinski definition) is 3. The van der Waals surface area contributed by atoms with Crippen LogP contribution in [0.25, 0.3) is 0 Å². The van der Waals surface area contributed by atoms with Crippen LogP contribution in [-0.4, -0.2) is 61.2 Å². The Labute approximate surface area is 132 Å². The van der Waals surface area contributed by atoms with Crippen molar-refractivity contribution >= 4 is 0 Å². The molecule has 0 aromatic rings. The van der Waals surface area contributed by atoms with E-state index in [2.05, 4.69) is 42.8 Å². The summed E-state index contributed by atoms with van der Waals surface area (Å²) in [5.74, 6) is 1.71. The topological polar surface area (TPSA) is 18.5 Å². The van der Waals surface area contributed by atoms with E-state index in [1.165, 1.54) is 65.0 Å². The largest absolute Gasteiger partial charge is 0.314 e. The van der Waals surface area contributed by atoms with E-state index in [-0.39, 0.29) is 0 Å². The summed E-state index contributed by atoms with van der Waals surface area (Å²) < 4.78 is 0. The Hall–Kier alpha value is -0.120. The minimum absolute atomic E-state index is 0.734. The normalized spacial score (nSPS) is 33.4. The highest BCUT2D eigenvalue weighted by Crippen LogP contribution is 2.27. The molecule has 0 aromatic heterocycles. The van der Waals surface area contributed by atoms with Gasteiger partial charge >= 0.3 is 0 Å². The fourth-order valence-corrected chi connectivity index (χ4v) is 4.13. The molecular weight excluding hydrogens is 258 g/mol. The average Bonchev–Trinajstić information content (AvgIpc) is 2.52. The second kappa shape index (κ2) is 8.50. The summed E-state index contributed by atoms with van der Waals surface area (Å²) in [6.07, 6.45) is 5.39. The van der Waals surface area contributed by atoms with Gasteiger partial charge in [-0.3, -0.25) is 0 Å². The van der Waals surface area contributed by atoms with Crippen LogP contribution in [0.1, 0.15) is 53.4 Å². The Morgan fingerprint density at radius 3 is 2.33 bits per heavy atom. The summed E-state index contributed by atoms with van der Waals surface area (Å²) in [7, 11) is 0. The van der Waals surface area contributed by atoms with Crippen molar-refractivity contribution in [2.45, 2.75) is 65.5 Å². The third-order valence-corrected chi connectivity index (χ3v) is 6.00. The minimum atomic E-state index is 0.734. The van der Waals surface area contributed by atoms with Gasteiger partial charge < -0.3 is 15.1 Å².